The predicted octanol–water partition coefficient (Wildman–Crippen LogP) is 2.81. The van der Waals surface area contributed by atoms with Gasteiger partial charge in [-0.2, -0.15) is 0 Å². The molecule has 1 aliphatic carbocycles. The average molecular weight is 288 g/mol. The van der Waals surface area contributed by atoms with Gasteiger partial charge in [0.1, 0.15) is 5.75 Å². The number of phenols is 1. The minimum Gasteiger partial charge on any atom is -0.506 e. The van der Waals surface area contributed by atoms with Crippen LogP contribution in [0.15, 0.2) is 18.2 Å². The van der Waals surface area contributed by atoms with Gasteiger partial charge in [-0.15, -0.1) is 0 Å². The molecule has 1 heterocycles. The number of fused-ring (bicyclic) bond motifs is 1. The first-order valence-electron chi connectivity index (χ1n) is 8.06. The molecule has 1 aromatic carbocycles. The summed E-state index contributed by atoms with van der Waals surface area (Å²) in [6.45, 7) is 2.06. The Hall–Kier alpha value is -1.55. The van der Waals surface area contributed by atoms with Crippen molar-refractivity contribution in [3.63, 3.8) is 0 Å². The van der Waals surface area contributed by atoms with Gasteiger partial charge in [0.25, 0.3) is 0 Å². The third kappa shape index (κ3) is 3.05. The third-order valence-corrected chi connectivity index (χ3v) is 4.91. The topological polar surface area (TPSA) is 61.4 Å². The fraction of sp³-hybridized carbons (Fsp3) is 0.588. The number of anilines is 1. The molecule has 0 bridgehead atoms. The summed E-state index contributed by atoms with van der Waals surface area (Å²) >= 11 is 0. The highest BCUT2D eigenvalue weighted by Gasteiger charge is 2.38. The quantitative estimate of drug-likeness (QED) is 0.750. The summed E-state index contributed by atoms with van der Waals surface area (Å²) in [5.74, 6) is 0.758. The highest BCUT2D eigenvalue weighted by Crippen LogP contribution is 2.34. The maximum atomic E-state index is 12.4. The largest absolute Gasteiger partial charge is 0.506 e. The van der Waals surface area contributed by atoms with Gasteiger partial charge in [-0.1, -0.05) is 25.8 Å². The van der Waals surface area contributed by atoms with Crippen LogP contribution in [0.2, 0.25) is 0 Å². The zero-order chi connectivity index (χ0) is 14.8. The monoisotopic (exact) mass is 288 g/mol. The van der Waals surface area contributed by atoms with Crippen molar-refractivity contribution in [1.82, 2.24) is 5.32 Å². The lowest BCUT2D eigenvalue weighted by Gasteiger charge is -2.24. The highest BCUT2D eigenvalue weighted by molar-refractivity contribution is 5.96. The van der Waals surface area contributed by atoms with Crippen molar-refractivity contribution < 1.29 is 9.90 Å². The van der Waals surface area contributed by atoms with E-state index in [0.29, 0.717) is 17.6 Å². The normalized spacial score (nSPS) is 28.1. The Morgan fingerprint density at radius 3 is 2.95 bits per heavy atom. The number of rotatable bonds is 3. The molecule has 1 aliphatic heterocycles. The summed E-state index contributed by atoms with van der Waals surface area (Å²) in [5, 5.41) is 16.2. The number of hydrogen-bond acceptors (Lipinski definition) is 3. The minimum absolute atomic E-state index is 0.0204. The fourth-order valence-corrected chi connectivity index (χ4v) is 3.64. The Morgan fingerprint density at radius 2 is 2.19 bits per heavy atom. The summed E-state index contributed by atoms with van der Waals surface area (Å²) in [6, 6.07) is 5.77. The molecule has 21 heavy (non-hydrogen) atoms. The molecule has 2 fully saturated rings. The van der Waals surface area contributed by atoms with Crippen molar-refractivity contribution in [2.24, 2.45) is 5.92 Å². The van der Waals surface area contributed by atoms with Crippen molar-refractivity contribution in [3.8, 4) is 5.75 Å². The number of hydrogen-bond donors (Lipinski definition) is 3. The molecule has 1 aromatic rings. The van der Waals surface area contributed by atoms with Gasteiger partial charge < -0.3 is 15.7 Å². The van der Waals surface area contributed by atoms with Crippen LogP contribution in [-0.2, 0) is 11.2 Å². The Labute approximate surface area is 125 Å². The van der Waals surface area contributed by atoms with E-state index in [4.69, 9.17) is 0 Å². The SMILES string of the molecule is CCc1ccc(O)c(NC(=O)C2CC3CCCCC3N2)c1. The van der Waals surface area contributed by atoms with Gasteiger partial charge in [0.2, 0.25) is 5.91 Å². The van der Waals surface area contributed by atoms with E-state index in [1.807, 2.05) is 12.1 Å². The first-order chi connectivity index (χ1) is 10.2. The van der Waals surface area contributed by atoms with Crippen LogP contribution in [0, 0.1) is 5.92 Å². The molecule has 4 heteroatoms. The molecule has 1 saturated heterocycles. The van der Waals surface area contributed by atoms with E-state index >= 15 is 0 Å². The number of carbonyl (C=O) groups excluding carboxylic acids is 1. The van der Waals surface area contributed by atoms with Crippen LogP contribution in [0.3, 0.4) is 0 Å². The van der Waals surface area contributed by atoms with Gasteiger partial charge in [0.05, 0.1) is 11.7 Å². The van der Waals surface area contributed by atoms with Crippen LogP contribution in [0.4, 0.5) is 5.69 Å². The van der Waals surface area contributed by atoms with Crippen molar-refractivity contribution in [1.29, 1.82) is 0 Å². The molecule has 3 atom stereocenters. The second kappa shape index (κ2) is 6.06. The van der Waals surface area contributed by atoms with Gasteiger partial charge in [-0.3, -0.25) is 4.79 Å². The van der Waals surface area contributed by atoms with Gasteiger partial charge in [0, 0.05) is 6.04 Å². The van der Waals surface area contributed by atoms with Crippen LogP contribution < -0.4 is 10.6 Å². The van der Waals surface area contributed by atoms with Crippen LogP contribution in [-0.4, -0.2) is 23.1 Å². The molecule has 3 rings (SSSR count). The van der Waals surface area contributed by atoms with Gasteiger partial charge in [-0.25, -0.2) is 0 Å². The van der Waals surface area contributed by atoms with E-state index in [-0.39, 0.29) is 17.7 Å². The Kier molecular flexibility index (Phi) is 4.15. The standard InChI is InChI=1S/C17H24N2O2/c1-2-11-7-8-16(20)14(9-11)19-17(21)15-10-12-5-3-4-6-13(12)18-15/h7-9,12-13,15,18,20H,2-6,10H2,1H3,(H,19,21). The number of nitrogens with one attached hydrogen (secondary N) is 2. The highest BCUT2D eigenvalue weighted by atomic mass is 16.3. The van der Waals surface area contributed by atoms with E-state index in [9.17, 15) is 9.90 Å². The predicted molar refractivity (Wildman–Crippen MR) is 83.4 cm³/mol. The third-order valence-electron chi connectivity index (χ3n) is 4.91. The lowest BCUT2D eigenvalue weighted by molar-refractivity contribution is -0.117. The van der Waals surface area contributed by atoms with E-state index in [1.165, 1.54) is 25.7 Å². The zero-order valence-corrected chi connectivity index (χ0v) is 12.6. The first kappa shape index (κ1) is 14.4. The molecule has 3 N–H and O–H groups in total. The molecule has 1 amide bonds. The lowest BCUT2D eigenvalue weighted by Crippen LogP contribution is -2.39. The maximum Gasteiger partial charge on any atom is 0.241 e. The second-order valence-corrected chi connectivity index (χ2v) is 6.30. The Bertz CT molecular complexity index is 516. The number of benzene rings is 1. The summed E-state index contributed by atoms with van der Waals surface area (Å²) in [6.07, 6.45) is 6.78. The van der Waals surface area contributed by atoms with Gasteiger partial charge >= 0.3 is 0 Å². The summed E-state index contributed by atoms with van der Waals surface area (Å²) in [7, 11) is 0. The van der Waals surface area contributed by atoms with Crippen LogP contribution in [0.25, 0.3) is 0 Å². The molecule has 2 aliphatic rings. The minimum atomic E-state index is -0.122. The molecule has 0 aromatic heterocycles. The molecular weight excluding hydrogens is 264 g/mol. The van der Waals surface area contributed by atoms with Gasteiger partial charge in [-0.05, 0) is 49.3 Å². The summed E-state index contributed by atoms with van der Waals surface area (Å²) < 4.78 is 0. The van der Waals surface area contributed by atoms with Crippen LogP contribution >= 0.6 is 0 Å². The molecule has 3 unspecified atom stereocenters. The lowest BCUT2D eigenvalue weighted by atomic mass is 9.85. The number of phenolic OH excluding ortho intramolecular Hbond substituents is 1. The van der Waals surface area contributed by atoms with Crippen molar-refractivity contribution in [2.75, 3.05) is 5.32 Å². The molecular formula is C17H24N2O2. The van der Waals surface area contributed by atoms with E-state index in [0.717, 1.165) is 18.4 Å². The summed E-state index contributed by atoms with van der Waals surface area (Å²) in [5.41, 5.74) is 1.63. The Balaban J connectivity index is 1.66. The second-order valence-electron chi connectivity index (χ2n) is 6.30. The molecule has 114 valence electrons. The molecule has 4 nitrogen and oxygen atoms in total. The van der Waals surface area contributed by atoms with E-state index < -0.39 is 0 Å². The molecule has 0 spiro atoms. The number of aryl methyl sites for hydroxylation is 1. The maximum absolute atomic E-state index is 12.4. The molecule has 0 radical (unpaired) electrons. The van der Waals surface area contributed by atoms with Crippen LogP contribution in [0.5, 0.6) is 5.75 Å². The van der Waals surface area contributed by atoms with Gasteiger partial charge in [0.15, 0.2) is 0 Å². The van der Waals surface area contributed by atoms with Crippen molar-refractivity contribution in [3.05, 3.63) is 23.8 Å². The van der Waals surface area contributed by atoms with Crippen molar-refractivity contribution in [2.45, 2.75) is 57.5 Å². The number of amides is 1. The number of aromatic hydroxyl groups is 1. The Morgan fingerprint density at radius 1 is 1.38 bits per heavy atom. The first-order valence-corrected chi connectivity index (χ1v) is 8.06. The van der Waals surface area contributed by atoms with E-state index in [1.54, 1.807) is 6.07 Å². The smallest absolute Gasteiger partial charge is 0.241 e. The molecule has 1 saturated carbocycles. The zero-order valence-electron chi connectivity index (χ0n) is 12.6. The number of carbonyl (C=O) groups is 1. The van der Waals surface area contributed by atoms with E-state index in [2.05, 4.69) is 17.6 Å². The fourth-order valence-electron chi connectivity index (χ4n) is 3.64. The average Bonchev–Trinajstić information content (AvgIpc) is 2.93. The summed E-state index contributed by atoms with van der Waals surface area (Å²) in [4.78, 5) is 12.4. The van der Waals surface area contributed by atoms with Crippen molar-refractivity contribution >= 4 is 11.6 Å². The van der Waals surface area contributed by atoms with Crippen LogP contribution in [0.1, 0.15) is 44.6 Å².